The van der Waals surface area contributed by atoms with Crippen LogP contribution in [0.1, 0.15) is 11.1 Å². The van der Waals surface area contributed by atoms with Crippen molar-refractivity contribution in [1.29, 1.82) is 0 Å². The monoisotopic (exact) mass is 401 g/mol. The van der Waals surface area contributed by atoms with Crippen LogP contribution in [0.4, 0.5) is 5.69 Å². The first kappa shape index (κ1) is 16.6. The maximum Gasteiger partial charge on any atom is 0.262 e. The molecule has 1 heterocycles. The molecule has 2 nitrogen and oxygen atoms in total. The Hall–Kier alpha value is -2.91. The number of hydrogen-bond acceptors (Lipinski definition) is 1. The van der Waals surface area contributed by atoms with Crippen molar-refractivity contribution in [2.45, 2.75) is 0 Å². The first-order valence-corrected chi connectivity index (χ1v) is 9.15. The fourth-order valence-electron chi connectivity index (χ4n) is 3.01. The van der Waals surface area contributed by atoms with E-state index >= 15 is 0 Å². The molecule has 0 spiro atoms. The molecule has 0 atom stereocenters. The number of carbonyl (C=O) groups is 1. The van der Waals surface area contributed by atoms with Gasteiger partial charge in [-0.25, -0.2) is 0 Å². The summed E-state index contributed by atoms with van der Waals surface area (Å²) in [6.07, 6.45) is 3.90. The highest BCUT2D eigenvalue weighted by Crippen LogP contribution is 2.35. The molecule has 0 aromatic heterocycles. The van der Waals surface area contributed by atoms with Crippen molar-refractivity contribution in [2.24, 2.45) is 0 Å². The normalized spacial score (nSPS) is 15.4. The average molecular weight is 402 g/mol. The Morgan fingerprint density at radius 1 is 0.769 bits per heavy atom. The number of carbonyl (C=O) groups excluding carboxylic acids is 1. The van der Waals surface area contributed by atoms with Crippen LogP contribution in [0.3, 0.4) is 0 Å². The van der Waals surface area contributed by atoms with Gasteiger partial charge in [0.05, 0.1) is 5.70 Å². The lowest BCUT2D eigenvalue weighted by atomic mass is 10.1. The first-order chi connectivity index (χ1) is 12.7. The summed E-state index contributed by atoms with van der Waals surface area (Å²) in [7, 11) is 0. The number of halogens is 1. The number of benzene rings is 3. The van der Waals surface area contributed by atoms with E-state index in [1.807, 2.05) is 97.1 Å². The lowest BCUT2D eigenvalue weighted by Gasteiger charge is -2.20. The van der Waals surface area contributed by atoms with Gasteiger partial charge in [-0.3, -0.25) is 9.69 Å². The van der Waals surface area contributed by atoms with E-state index in [1.165, 1.54) is 0 Å². The van der Waals surface area contributed by atoms with Crippen LogP contribution in [0.25, 0.3) is 11.8 Å². The van der Waals surface area contributed by atoms with Gasteiger partial charge in [0.15, 0.2) is 0 Å². The largest absolute Gasteiger partial charge is 0.276 e. The summed E-state index contributed by atoms with van der Waals surface area (Å²) in [5.74, 6) is -0.0158. The second-order valence-electron chi connectivity index (χ2n) is 6.02. The lowest BCUT2D eigenvalue weighted by molar-refractivity contribution is -0.113. The number of anilines is 1. The SMILES string of the molecule is O=C1/C(=C\c2ccc(Br)cc2)C=C(c2ccccc2)N1c1ccccc1. The number of para-hydroxylation sites is 1. The van der Waals surface area contributed by atoms with Crippen LogP contribution in [-0.4, -0.2) is 5.91 Å². The summed E-state index contributed by atoms with van der Waals surface area (Å²) in [5, 5.41) is 0. The fourth-order valence-corrected chi connectivity index (χ4v) is 3.27. The molecule has 0 fully saturated rings. The maximum atomic E-state index is 13.2. The number of hydrogen-bond donors (Lipinski definition) is 0. The van der Waals surface area contributed by atoms with Crippen molar-refractivity contribution in [3.63, 3.8) is 0 Å². The van der Waals surface area contributed by atoms with Crippen molar-refractivity contribution in [1.82, 2.24) is 0 Å². The minimum absolute atomic E-state index is 0.0158. The zero-order chi connectivity index (χ0) is 17.9. The maximum absolute atomic E-state index is 13.2. The van der Waals surface area contributed by atoms with Crippen molar-refractivity contribution in [2.75, 3.05) is 4.90 Å². The number of amides is 1. The summed E-state index contributed by atoms with van der Waals surface area (Å²) in [6.45, 7) is 0. The molecule has 1 amide bonds. The number of rotatable bonds is 3. The van der Waals surface area contributed by atoms with Crippen molar-refractivity contribution in [3.05, 3.63) is 112 Å². The zero-order valence-corrected chi connectivity index (χ0v) is 15.6. The number of nitrogens with zero attached hydrogens (tertiary/aromatic N) is 1. The molecular weight excluding hydrogens is 386 g/mol. The van der Waals surface area contributed by atoms with Crippen LogP contribution in [0.2, 0.25) is 0 Å². The Bertz CT molecular complexity index is 989. The average Bonchev–Trinajstić information content (AvgIpc) is 3.01. The van der Waals surface area contributed by atoms with Gasteiger partial charge < -0.3 is 0 Å². The van der Waals surface area contributed by atoms with Crippen LogP contribution in [-0.2, 0) is 4.79 Å². The van der Waals surface area contributed by atoms with Gasteiger partial charge in [0.1, 0.15) is 0 Å². The van der Waals surface area contributed by atoms with Crippen LogP contribution >= 0.6 is 15.9 Å². The third kappa shape index (κ3) is 3.26. The standard InChI is InChI=1S/C23H16BrNO/c24-20-13-11-17(12-14-20)15-19-16-22(18-7-3-1-4-8-18)25(23(19)26)21-9-5-2-6-10-21/h1-16H/b19-15-. The predicted molar refractivity (Wildman–Crippen MR) is 110 cm³/mol. The summed E-state index contributed by atoms with van der Waals surface area (Å²) < 4.78 is 1.02. The topological polar surface area (TPSA) is 20.3 Å². The summed E-state index contributed by atoms with van der Waals surface area (Å²) in [6, 6.07) is 27.7. The molecule has 26 heavy (non-hydrogen) atoms. The van der Waals surface area contributed by atoms with E-state index in [-0.39, 0.29) is 5.91 Å². The Morgan fingerprint density at radius 2 is 1.38 bits per heavy atom. The van der Waals surface area contributed by atoms with Gasteiger partial charge >= 0.3 is 0 Å². The van der Waals surface area contributed by atoms with E-state index in [1.54, 1.807) is 4.90 Å². The van der Waals surface area contributed by atoms with E-state index in [4.69, 9.17) is 0 Å². The Kier molecular flexibility index (Phi) is 4.55. The van der Waals surface area contributed by atoms with Crippen LogP contribution in [0.15, 0.2) is 101 Å². The molecule has 1 aliphatic heterocycles. The van der Waals surface area contributed by atoms with Crippen LogP contribution < -0.4 is 4.90 Å². The minimum Gasteiger partial charge on any atom is -0.276 e. The van der Waals surface area contributed by atoms with Gasteiger partial charge in [-0.15, -0.1) is 0 Å². The molecule has 126 valence electrons. The molecule has 0 bridgehead atoms. The Labute approximate surface area is 161 Å². The molecule has 0 unspecified atom stereocenters. The summed E-state index contributed by atoms with van der Waals surface area (Å²) in [5.41, 5.74) is 4.45. The molecule has 3 aromatic carbocycles. The van der Waals surface area contributed by atoms with Gasteiger partial charge in [-0.2, -0.15) is 0 Å². The van der Waals surface area contributed by atoms with Gasteiger partial charge in [0.2, 0.25) is 0 Å². The summed E-state index contributed by atoms with van der Waals surface area (Å²) >= 11 is 3.44. The van der Waals surface area contributed by atoms with E-state index in [0.29, 0.717) is 5.57 Å². The molecule has 3 aromatic rings. The molecule has 0 N–H and O–H groups in total. The quantitative estimate of drug-likeness (QED) is 0.498. The molecular formula is C23H16BrNO. The highest BCUT2D eigenvalue weighted by Gasteiger charge is 2.30. The lowest BCUT2D eigenvalue weighted by Crippen LogP contribution is -2.24. The van der Waals surface area contributed by atoms with Gasteiger partial charge in [-0.05, 0) is 47.5 Å². The molecule has 4 rings (SSSR count). The molecule has 3 heteroatoms. The highest BCUT2D eigenvalue weighted by atomic mass is 79.9. The molecule has 0 saturated heterocycles. The summed E-state index contributed by atoms with van der Waals surface area (Å²) in [4.78, 5) is 14.9. The Morgan fingerprint density at radius 3 is 2.04 bits per heavy atom. The Balaban J connectivity index is 1.81. The zero-order valence-electron chi connectivity index (χ0n) is 14.0. The van der Waals surface area contributed by atoms with E-state index in [9.17, 15) is 4.79 Å². The predicted octanol–water partition coefficient (Wildman–Crippen LogP) is 5.92. The molecule has 0 saturated carbocycles. The second-order valence-corrected chi connectivity index (χ2v) is 6.94. The van der Waals surface area contributed by atoms with Crippen LogP contribution in [0.5, 0.6) is 0 Å². The second kappa shape index (κ2) is 7.14. The molecule has 1 aliphatic rings. The van der Waals surface area contributed by atoms with Crippen molar-refractivity contribution < 1.29 is 4.79 Å². The van der Waals surface area contributed by atoms with Gasteiger partial charge in [0.25, 0.3) is 5.91 Å². The minimum atomic E-state index is -0.0158. The van der Waals surface area contributed by atoms with Gasteiger partial charge in [-0.1, -0.05) is 76.6 Å². The fraction of sp³-hybridized carbons (Fsp3) is 0. The van der Waals surface area contributed by atoms with Crippen molar-refractivity contribution in [3.8, 4) is 0 Å². The first-order valence-electron chi connectivity index (χ1n) is 8.36. The highest BCUT2D eigenvalue weighted by molar-refractivity contribution is 9.10. The molecule has 0 aliphatic carbocycles. The van der Waals surface area contributed by atoms with Gasteiger partial charge in [0, 0.05) is 15.7 Å². The molecule has 0 radical (unpaired) electrons. The third-order valence-electron chi connectivity index (χ3n) is 4.26. The van der Waals surface area contributed by atoms with E-state index in [2.05, 4.69) is 15.9 Å². The van der Waals surface area contributed by atoms with Crippen LogP contribution in [0, 0.1) is 0 Å². The van der Waals surface area contributed by atoms with Crippen molar-refractivity contribution >= 4 is 39.3 Å². The third-order valence-corrected chi connectivity index (χ3v) is 4.79. The van der Waals surface area contributed by atoms with E-state index in [0.717, 1.165) is 27.0 Å². The smallest absolute Gasteiger partial charge is 0.262 e. The van der Waals surface area contributed by atoms with E-state index < -0.39 is 0 Å².